The molecule has 172 valence electrons. The average Bonchev–Trinajstić information content (AvgIpc) is 3.26. The molecule has 10 nitrogen and oxygen atoms in total. The van der Waals surface area contributed by atoms with Crippen molar-refractivity contribution in [2.24, 2.45) is 0 Å². The van der Waals surface area contributed by atoms with E-state index in [1.54, 1.807) is 55.5 Å². The number of esters is 2. The number of rotatable bonds is 10. The van der Waals surface area contributed by atoms with Gasteiger partial charge in [0.15, 0.2) is 12.3 Å². The first-order valence-electron chi connectivity index (χ1n) is 10.4. The fourth-order valence-corrected chi connectivity index (χ4v) is 3.06. The molecule has 2 aromatic carbocycles. The minimum Gasteiger partial charge on any atom is -0.465 e. The Morgan fingerprint density at radius 3 is 2.45 bits per heavy atom. The van der Waals surface area contributed by atoms with E-state index < -0.39 is 30.4 Å². The summed E-state index contributed by atoms with van der Waals surface area (Å²) < 4.78 is 9.95. The Kier molecular flexibility index (Phi) is 8.12. The van der Waals surface area contributed by atoms with Gasteiger partial charge in [0.2, 0.25) is 0 Å². The number of benzene rings is 2. The van der Waals surface area contributed by atoms with E-state index in [2.05, 4.69) is 15.5 Å². The van der Waals surface area contributed by atoms with E-state index in [4.69, 9.17) is 9.47 Å². The molecule has 1 aromatic heterocycles. The third kappa shape index (κ3) is 6.39. The fraction of sp³-hybridized carbons (Fsp3) is 0.261. The van der Waals surface area contributed by atoms with Crippen LogP contribution < -0.4 is 10.2 Å². The Bertz CT molecular complexity index is 1130. The second-order valence-electron chi connectivity index (χ2n) is 6.90. The molecule has 3 rings (SSSR count). The lowest BCUT2D eigenvalue weighted by Gasteiger charge is -2.21. The van der Waals surface area contributed by atoms with E-state index in [-0.39, 0.29) is 31.8 Å². The van der Waals surface area contributed by atoms with Gasteiger partial charge in [-0.05, 0) is 25.1 Å². The first-order chi connectivity index (χ1) is 16.0. The molecule has 2 amide bonds. The fourth-order valence-electron chi connectivity index (χ4n) is 3.06. The van der Waals surface area contributed by atoms with E-state index >= 15 is 0 Å². The number of hydrogen-bond acceptors (Lipinski definition) is 7. The van der Waals surface area contributed by atoms with E-state index in [1.807, 2.05) is 6.07 Å². The third-order valence-electron chi connectivity index (χ3n) is 4.62. The molecule has 0 saturated carbocycles. The topological polar surface area (TPSA) is 131 Å². The summed E-state index contributed by atoms with van der Waals surface area (Å²) >= 11 is 0. The molecule has 0 aliphatic rings. The normalized spacial score (nSPS) is 10.5. The highest BCUT2D eigenvalue weighted by atomic mass is 16.5. The number of carbonyl (C=O) groups excluding carboxylic acids is 4. The van der Waals surface area contributed by atoms with Crippen LogP contribution in [0.5, 0.6) is 0 Å². The van der Waals surface area contributed by atoms with Crippen LogP contribution in [0.25, 0.3) is 10.9 Å². The predicted octanol–water partition coefficient (Wildman–Crippen LogP) is 1.82. The molecule has 0 atom stereocenters. The molecule has 0 fully saturated rings. The summed E-state index contributed by atoms with van der Waals surface area (Å²) in [6.45, 7) is 1.01. The standard InChI is InChI=1S/C23H24N4O6/c1-2-32-21(30)14-27(16-8-4-3-5-9-16)19(28)15-33-20(29)12-13-24-23(31)22-17-10-6-7-11-18(17)25-26-22/h3-11H,2,12-15H2,1H3,(H,24,31)(H,25,26). The van der Waals surface area contributed by atoms with Crippen molar-refractivity contribution >= 4 is 40.3 Å². The van der Waals surface area contributed by atoms with Crippen LogP contribution in [0.4, 0.5) is 5.69 Å². The van der Waals surface area contributed by atoms with Crippen molar-refractivity contribution in [2.45, 2.75) is 13.3 Å². The molecule has 0 spiro atoms. The highest BCUT2D eigenvalue weighted by Gasteiger charge is 2.21. The van der Waals surface area contributed by atoms with Crippen LogP contribution in [0.15, 0.2) is 54.6 Å². The van der Waals surface area contributed by atoms with Crippen molar-refractivity contribution in [3.63, 3.8) is 0 Å². The Morgan fingerprint density at radius 1 is 0.970 bits per heavy atom. The monoisotopic (exact) mass is 452 g/mol. The van der Waals surface area contributed by atoms with Crippen LogP contribution in [-0.2, 0) is 23.9 Å². The van der Waals surface area contributed by atoms with Crippen LogP contribution in [-0.4, -0.2) is 60.3 Å². The van der Waals surface area contributed by atoms with Crippen LogP contribution in [0, 0.1) is 0 Å². The maximum Gasteiger partial charge on any atom is 0.326 e. The molecule has 10 heteroatoms. The maximum absolute atomic E-state index is 12.6. The number of ether oxygens (including phenoxy) is 2. The highest BCUT2D eigenvalue weighted by Crippen LogP contribution is 2.15. The van der Waals surface area contributed by atoms with Gasteiger partial charge < -0.3 is 14.8 Å². The number of fused-ring (bicyclic) bond motifs is 1. The minimum absolute atomic E-state index is 0.0122. The molecule has 0 radical (unpaired) electrons. The molecule has 0 aliphatic carbocycles. The predicted molar refractivity (Wildman–Crippen MR) is 119 cm³/mol. The molecular formula is C23H24N4O6. The number of carbonyl (C=O) groups is 4. The molecular weight excluding hydrogens is 428 g/mol. The zero-order valence-corrected chi connectivity index (χ0v) is 18.1. The van der Waals surface area contributed by atoms with Gasteiger partial charge >= 0.3 is 11.9 Å². The van der Waals surface area contributed by atoms with Gasteiger partial charge in [-0.1, -0.05) is 36.4 Å². The van der Waals surface area contributed by atoms with Gasteiger partial charge in [0.25, 0.3) is 11.8 Å². The van der Waals surface area contributed by atoms with Gasteiger partial charge in [-0.15, -0.1) is 0 Å². The first kappa shape index (κ1) is 23.5. The van der Waals surface area contributed by atoms with Gasteiger partial charge in [0.1, 0.15) is 6.54 Å². The van der Waals surface area contributed by atoms with Crippen molar-refractivity contribution in [1.82, 2.24) is 15.5 Å². The second-order valence-corrected chi connectivity index (χ2v) is 6.90. The summed E-state index contributed by atoms with van der Waals surface area (Å²) in [4.78, 5) is 50.1. The quantitative estimate of drug-likeness (QED) is 0.449. The SMILES string of the molecule is CCOC(=O)CN(C(=O)COC(=O)CCNC(=O)c1n[nH]c2ccccc12)c1ccccc1. The van der Waals surface area contributed by atoms with Crippen molar-refractivity contribution in [3.05, 3.63) is 60.3 Å². The molecule has 2 N–H and O–H groups in total. The lowest BCUT2D eigenvalue weighted by molar-refractivity contribution is -0.148. The van der Waals surface area contributed by atoms with E-state index in [0.717, 1.165) is 5.52 Å². The minimum atomic E-state index is -0.667. The lowest BCUT2D eigenvalue weighted by Crippen LogP contribution is -2.39. The first-order valence-corrected chi connectivity index (χ1v) is 10.4. The summed E-state index contributed by atoms with van der Waals surface area (Å²) in [5, 5.41) is 10.0. The van der Waals surface area contributed by atoms with Gasteiger partial charge in [-0.3, -0.25) is 29.2 Å². The van der Waals surface area contributed by atoms with Crippen LogP contribution in [0.1, 0.15) is 23.8 Å². The van der Waals surface area contributed by atoms with Gasteiger partial charge in [0, 0.05) is 17.6 Å². The second kappa shape index (κ2) is 11.4. The number of H-pyrrole nitrogens is 1. The summed E-state index contributed by atoms with van der Waals surface area (Å²) in [5.41, 5.74) is 1.43. The van der Waals surface area contributed by atoms with Crippen molar-refractivity contribution in [1.29, 1.82) is 0 Å². The number of hydrogen-bond donors (Lipinski definition) is 2. The molecule has 1 heterocycles. The highest BCUT2D eigenvalue weighted by molar-refractivity contribution is 6.04. The van der Waals surface area contributed by atoms with Gasteiger partial charge in [0.05, 0.1) is 18.5 Å². The Balaban J connectivity index is 1.48. The zero-order valence-electron chi connectivity index (χ0n) is 18.1. The van der Waals surface area contributed by atoms with Crippen LogP contribution in [0.3, 0.4) is 0 Å². The summed E-state index contributed by atoms with van der Waals surface area (Å²) in [7, 11) is 0. The Hall–Kier alpha value is -4.21. The summed E-state index contributed by atoms with van der Waals surface area (Å²) in [6.07, 6.45) is -0.134. The number of aromatic nitrogens is 2. The van der Waals surface area contributed by atoms with E-state index in [0.29, 0.717) is 11.1 Å². The molecule has 0 bridgehead atoms. The van der Waals surface area contributed by atoms with E-state index in [1.165, 1.54) is 4.90 Å². The molecule has 33 heavy (non-hydrogen) atoms. The number of aromatic amines is 1. The number of nitrogens with one attached hydrogen (secondary N) is 2. The Labute approximate surface area is 189 Å². The number of nitrogens with zero attached hydrogens (tertiary/aromatic N) is 2. The maximum atomic E-state index is 12.6. The van der Waals surface area contributed by atoms with Gasteiger partial charge in [-0.2, -0.15) is 5.10 Å². The largest absolute Gasteiger partial charge is 0.465 e. The molecule has 3 aromatic rings. The average molecular weight is 452 g/mol. The van der Waals surface area contributed by atoms with Crippen molar-refractivity contribution < 1.29 is 28.7 Å². The van der Waals surface area contributed by atoms with Crippen molar-refractivity contribution in [3.8, 4) is 0 Å². The van der Waals surface area contributed by atoms with Gasteiger partial charge in [-0.25, -0.2) is 0 Å². The molecule has 0 aliphatic heterocycles. The van der Waals surface area contributed by atoms with E-state index in [9.17, 15) is 19.2 Å². The Morgan fingerprint density at radius 2 is 1.70 bits per heavy atom. The third-order valence-corrected chi connectivity index (χ3v) is 4.62. The summed E-state index contributed by atoms with van der Waals surface area (Å²) in [6, 6.07) is 15.7. The van der Waals surface area contributed by atoms with Crippen LogP contribution in [0.2, 0.25) is 0 Å². The van der Waals surface area contributed by atoms with Crippen molar-refractivity contribution in [2.75, 3.05) is 31.2 Å². The number of amides is 2. The number of para-hydroxylation sites is 2. The lowest BCUT2D eigenvalue weighted by atomic mass is 10.2. The van der Waals surface area contributed by atoms with Crippen LogP contribution >= 0.6 is 0 Å². The summed E-state index contributed by atoms with van der Waals surface area (Å²) in [5.74, 6) is -2.25. The molecule has 0 unspecified atom stereocenters. The molecule has 0 saturated heterocycles. The zero-order chi connectivity index (χ0) is 23.6. The number of anilines is 1. The smallest absolute Gasteiger partial charge is 0.326 e.